The van der Waals surface area contributed by atoms with E-state index in [0.29, 0.717) is 0 Å². The molecule has 1 nitrogen and oxygen atoms in total. The number of rotatable bonds is 2. The van der Waals surface area contributed by atoms with Crippen LogP contribution in [0.2, 0.25) is 39.3 Å². The van der Waals surface area contributed by atoms with Crippen molar-refractivity contribution in [3.8, 4) is 0 Å². The number of hydrogen-bond acceptors (Lipinski definition) is 1. The largest absolute Gasteiger partial charge is 0.360 e. The number of hydrogen-bond donors (Lipinski definition) is 1. The van der Waals surface area contributed by atoms with Crippen molar-refractivity contribution < 1.29 is 1.43 Å². The molecule has 0 unspecified atom stereocenters. The van der Waals surface area contributed by atoms with Crippen LogP contribution >= 0.6 is 0 Å². The molecule has 0 bridgehead atoms. The fourth-order valence-electron chi connectivity index (χ4n) is 1.12. The molecule has 9 heavy (non-hydrogen) atoms. The van der Waals surface area contributed by atoms with Crippen LogP contribution in [0.1, 0.15) is 1.43 Å². The van der Waals surface area contributed by atoms with Gasteiger partial charge < -0.3 is 4.65 Å². The lowest BCUT2D eigenvalue weighted by Crippen LogP contribution is -2.55. The summed E-state index contributed by atoms with van der Waals surface area (Å²) in [6.07, 6.45) is 0. The maximum atomic E-state index is 3.74. The van der Waals surface area contributed by atoms with E-state index in [1.807, 2.05) is 0 Å². The molecule has 0 aromatic heterocycles. The SMILES string of the molecule is C[Si](C)(C)N[Si](C)(C)C.[2HH]. The zero-order valence-electron chi connectivity index (χ0n) is 7.50. The van der Waals surface area contributed by atoms with Crippen molar-refractivity contribution in [2.75, 3.05) is 0 Å². The molecule has 0 aliphatic rings. The van der Waals surface area contributed by atoms with Gasteiger partial charge in [-0.2, -0.15) is 0 Å². The van der Waals surface area contributed by atoms with Gasteiger partial charge in [-0.3, -0.25) is 0 Å². The van der Waals surface area contributed by atoms with Crippen LogP contribution in [0, 0.1) is 0 Å². The van der Waals surface area contributed by atoms with Gasteiger partial charge in [0.1, 0.15) is 16.5 Å². The van der Waals surface area contributed by atoms with Crippen LogP contribution in [0.5, 0.6) is 0 Å². The number of nitrogens with one attached hydrogen (secondary N) is 1. The molecule has 0 radical (unpaired) electrons. The Balaban J connectivity index is 0. The third-order valence-corrected chi connectivity index (χ3v) is 6.75. The highest BCUT2D eigenvalue weighted by atomic mass is 28.4. The zero-order chi connectivity index (χ0) is 7.71. The summed E-state index contributed by atoms with van der Waals surface area (Å²) >= 11 is 0. The molecule has 0 aliphatic heterocycles. The van der Waals surface area contributed by atoms with Gasteiger partial charge in [0.2, 0.25) is 0 Å². The van der Waals surface area contributed by atoms with Crippen LogP contribution in [-0.4, -0.2) is 16.5 Å². The van der Waals surface area contributed by atoms with E-state index in [2.05, 4.69) is 43.9 Å². The summed E-state index contributed by atoms with van der Waals surface area (Å²) in [4.78, 5) is 0. The van der Waals surface area contributed by atoms with E-state index in [-0.39, 0.29) is 1.43 Å². The average Bonchev–Trinajstić information content (AvgIpc) is 1.14. The normalized spacial score (nSPS) is 14.0. The first-order valence-electron chi connectivity index (χ1n) is 3.50. The molecule has 0 aliphatic carbocycles. The van der Waals surface area contributed by atoms with Gasteiger partial charge in [-0.1, -0.05) is 39.3 Å². The fraction of sp³-hybridized carbons (Fsp3) is 1.00. The molecule has 0 aromatic carbocycles. The molecule has 0 fully saturated rings. The van der Waals surface area contributed by atoms with Crippen molar-refractivity contribution in [3.63, 3.8) is 0 Å². The third kappa shape index (κ3) is 8.39. The zero-order valence-corrected chi connectivity index (χ0v) is 9.50. The highest BCUT2D eigenvalue weighted by Gasteiger charge is 2.22. The summed E-state index contributed by atoms with van der Waals surface area (Å²) in [5, 5.41) is 0. The van der Waals surface area contributed by atoms with E-state index in [0.717, 1.165) is 0 Å². The Morgan fingerprint density at radius 2 is 1.00 bits per heavy atom. The standard InChI is InChI=1S/C6H19NSi2.H2/c1-8(2,3)7-9(4,5)6;/h7H,1-6H3;1H/i;1+1. The molecule has 0 atom stereocenters. The van der Waals surface area contributed by atoms with Crippen molar-refractivity contribution in [2.24, 2.45) is 0 Å². The van der Waals surface area contributed by atoms with Crippen molar-refractivity contribution >= 4 is 16.5 Å². The molecular weight excluding hydrogens is 142 g/mol. The Morgan fingerprint density at radius 1 is 0.778 bits per heavy atom. The van der Waals surface area contributed by atoms with Gasteiger partial charge in [0, 0.05) is 1.43 Å². The smallest absolute Gasteiger partial charge is 0.109 e. The second kappa shape index (κ2) is 2.56. The molecule has 0 saturated heterocycles. The van der Waals surface area contributed by atoms with Gasteiger partial charge in [-0.25, -0.2) is 0 Å². The van der Waals surface area contributed by atoms with Gasteiger partial charge in [0.25, 0.3) is 0 Å². The van der Waals surface area contributed by atoms with Gasteiger partial charge in [-0.05, 0) is 0 Å². The Morgan fingerprint density at radius 3 is 1.00 bits per heavy atom. The van der Waals surface area contributed by atoms with E-state index < -0.39 is 16.5 Å². The second-order valence-electron chi connectivity index (χ2n) is 4.62. The molecule has 58 valence electrons. The average molecular weight is 164 g/mol. The summed E-state index contributed by atoms with van der Waals surface area (Å²) in [6, 6.07) is 0. The van der Waals surface area contributed by atoms with Crippen LogP contribution in [-0.2, 0) is 0 Å². The first-order chi connectivity index (χ1) is 3.71. The minimum atomic E-state index is -0.981. The molecule has 0 spiro atoms. The lowest BCUT2D eigenvalue weighted by Gasteiger charge is -2.28. The lowest BCUT2D eigenvalue weighted by atomic mass is 11.8. The maximum Gasteiger partial charge on any atom is 0.109 e. The minimum absolute atomic E-state index is 0. The van der Waals surface area contributed by atoms with E-state index in [4.69, 9.17) is 0 Å². The minimum Gasteiger partial charge on any atom is -0.360 e. The monoisotopic (exact) mass is 164 g/mol. The molecular formula is C6H21NSi2. The predicted octanol–water partition coefficient (Wildman–Crippen LogP) is 2.49. The van der Waals surface area contributed by atoms with Crippen LogP contribution < -0.4 is 4.65 Å². The van der Waals surface area contributed by atoms with E-state index in [1.54, 1.807) is 0 Å². The molecule has 3 heteroatoms. The summed E-state index contributed by atoms with van der Waals surface area (Å²) in [7, 11) is -1.96. The van der Waals surface area contributed by atoms with Crippen LogP contribution in [0.3, 0.4) is 0 Å². The Kier molecular flexibility index (Phi) is 2.67. The van der Waals surface area contributed by atoms with E-state index in [9.17, 15) is 0 Å². The molecule has 0 heterocycles. The highest BCUT2D eigenvalue weighted by molar-refractivity contribution is 6.90. The lowest BCUT2D eigenvalue weighted by molar-refractivity contribution is 1.30. The van der Waals surface area contributed by atoms with Crippen LogP contribution in [0.25, 0.3) is 0 Å². The molecule has 0 saturated carbocycles. The van der Waals surface area contributed by atoms with Gasteiger partial charge >= 0.3 is 0 Å². The van der Waals surface area contributed by atoms with E-state index in [1.165, 1.54) is 0 Å². The van der Waals surface area contributed by atoms with Gasteiger partial charge in [-0.15, -0.1) is 0 Å². The summed E-state index contributed by atoms with van der Waals surface area (Å²) in [5.74, 6) is 0. The third-order valence-electron chi connectivity index (χ3n) is 0.750. The Hall–Kier alpha value is 0.394. The summed E-state index contributed by atoms with van der Waals surface area (Å²) in [5.41, 5.74) is 0. The van der Waals surface area contributed by atoms with Gasteiger partial charge in [0.05, 0.1) is 0 Å². The van der Waals surface area contributed by atoms with E-state index >= 15 is 0 Å². The quantitative estimate of drug-likeness (QED) is 0.618. The second-order valence-corrected chi connectivity index (χ2v) is 14.6. The Bertz CT molecular complexity index is 80.9. The summed E-state index contributed by atoms with van der Waals surface area (Å²) in [6.45, 7) is 14.1. The topological polar surface area (TPSA) is 12.0 Å². The fourth-order valence-corrected chi connectivity index (χ4v) is 10.1. The maximum absolute atomic E-state index is 3.74. The van der Waals surface area contributed by atoms with Crippen LogP contribution in [0.15, 0.2) is 0 Å². The van der Waals surface area contributed by atoms with Crippen molar-refractivity contribution in [2.45, 2.75) is 39.3 Å². The first kappa shape index (κ1) is 9.39. The molecule has 0 amide bonds. The Labute approximate surface area is 62.5 Å². The highest BCUT2D eigenvalue weighted by Crippen LogP contribution is 2.02. The first-order valence-corrected chi connectivity index (χ1v) is 10.5. The predicted molar refractivity (Wildman–Crippen MR) is 51.9 cm³/mol. The van der Waals surface area contributed by atoms with Crippen molar-refractivity contribution in [1.29, 1.82) is 0 Å². The summed E-state index contributed by atoms with van der Waals surface area (Å²) < 4.78 is 3.74. The van der Waals surface area contributed by atoms with Crippen molar-refractivity contribution in [1.82, 2.24) is 4.65 Å². The van der Waals surface area contributed by atoms with Crippen molar-refractivity contribution in [3.05, 3.63) is 0 Å². The molecule has 0 aromatic rings. The molecule has 0 rings (SSSR count). The molecule has 1 N–H and O–H groups in total. The van der Waals surface area contributed by atoms with Gasteiger partial charge in [0.15, 0.2) is 0 Å². The van der Waals surface area contributed by atoms with Crippen LogP contribution in [0.4, 0.5) is 0 Å².